The van der Waals surface area contributed by atoms with Crippen LogP contribution in [0.5, 0.6) is 0 Å². The van der Waals surface area contributed by atoms with Crippen molar-refractivity contribution < 1.29 is 26.8 Å². The van der Waals surface area contributed by atoms with Crippen LogP contribution in [0.25, 0.3) is 0 Å². The van der Waals surface area contributed by atoms with Crippen molar-refractivity contribution in [3.63, 3.8) is 0 Å². The Hall–Kier alpha value is -2.85. The Morgan fingerprint density at radius 3 is 2.19 bits per heavy atom. The van der Waals surface area contributed by atoms with Crippen molar-refractivity contribution in [2.75, 3.05) is 18.4 Å². The van der Waals surface area contributed by atoms with E-state index in [4.69, 9.17) is 0 Å². The number of nitrogens with zero attached hydrogens (tertiary/aromatic N) is 1. The van der Waals surface area contributed by atoms with Gasteiger partial charge in [0.2, 0.25) is 10.0 Å². The average molecular weight is 451 g/mol. The number of carbonyl (C=O) groups excluding carboxylic acids is 2. The van der Waals surface area contributed by atoms with E-state index in [1.165, 1.54) is 28.6 Å². The van der Waals surface area contributed by atoms with Crippen LogP contribution in [0.15, 0.2) is 53.4 Å². The van der Waals surface area contributed by atoms with Crippen LogP contribution in [0, 0.1) is 11.6 Å². The molecule has 0 saturated carbocycles. The van der Waals surface area contributed by atoms with Crippen molar-refractivity contribution in [1.82, 2.24) is 9.62 Å². The van der Waals surface area contributed by atoms with Crippen molar-refractivity contribution in [3.8, 4) is 0 Å². The zero-order valence-electron chi connectivity index (χ0n) is 16.7. The van der Waals surface area contributed by atoms with E-state index in [1.54, 1.807) is 0 Å². The van der Waals surface area contributed by atoms with Crippen LogP contribution in [0.3, 0.4) is 0 Å². The third kappa shape index (κ3) is 5.86. The van der Waals surface area contributed by atoms with Gasteiger partial charge >= 0.3 is 11.8 Å². The summed E-state index contributed by atoms with van der Waals surface area (Å²) in [6.07, 6.45) is 2.51. The first kappa shape index (κ1) is 22.8. The third-order valence-corrected chi connectivity index (χ3v) is 7.03. The van der Waals surface area contributed by atoms with Gasteiger partial charge in [-0.15, -0.1) is 0 Å². The van der Waals surface area contributed by atoms with E-state index in [0.29, 0.717) is 25.8 Å². The molecule has 0 aromatic heterocycles. The number of sulfonamides is 1. The van der Waals surface area contributed by atoms with Crippen molar-refractivity contribution >= 4 is 27.5 Å². The zero-order chi connectivity index (χ0) is 22.4. The van der Waals surface area contributed by atoms with Gasteiger partial charge in [-0.25, -0.2) is 17.2 Å². The van der Waals surface area contributed by atoms with Crippen molar-refractivity contribution in [2.24, 2.45) is 0 Å². The Labute approximate surface area is 179 Å². The van der Waals surface area contributed by atoms with Crippen molar-refractivity contribution in [2.45, 2.75) is 36.6 Å². The molecule has 0 spiro atoms. The van der Waals surface area contributed by atoms with Gasteiger partial charge in [-0.3, -0.25) is 9.59 Å². The fourth-order valence-corrected chi connectivity index (χ4v) is 5.20. The molecule has 1 aliphatic heterocycles. The normalized spacial score (nSPS) is 17.2. The van der Waals surface area contributed by atoms with Gasteiger partial charge in [0.15, 0.2) is 0 Å². The Balaban J connectivity index is 1.56. The lowest BCUT2D eigenvalue weighted by Crippen LogP contribution is -2.45. The molecule has 0 unspecified atom stereocenters. The maximum absolute atomic E-state index is 13.2. The topological polar surface area (TPSA) is 95.6 Å². The summed E-state index contributed by atoms with van der Waals surface area (Å²) in [5.74, 6) is -2.75. The summed E-state index contributed by atoms with van der Waals surface area (Å²) in [6.45, 7) is 0.444. The highest BCUT2D eigenvalue weighted by atomic mass is 32.2. The van der Waals surface area contributed by atoms with Gasteiger partial charge in [0.1, 0.15) is 11.6 Å². The molecule has 1 atom stereocenters. The number of benzene rings is 2. The van der Waals surface area contributed by atoms with Crippen LogP contribution in [-0.2, 0) is 19.6 Å². The lowest BCUT2D eigenvalue weighted by Gasteiger charge is -2.34. The molecule has 166 valence electrons. The molecule has 3 rings (SSSR count). The summed E-state index contributed by atoms with van der Waals surface area (Å²) in [5.41, 5.74) is 0.283. The van der Waals surface area contributed by atoms with E-state index < -0.39 is 33.5 Å². The molecule has 31 heavy (non-hydrogen) atoms. The van der Waals surface area contributed by atoms with E-state index >= 15 is 0 Å². The molecule has 0 aliphatic carbocycles. The monoisotopic (exact) mass is 451 g/mol. The summed E-state index contributed by atoms with van der Waals surface area (Å²) >= 11 is 0. The van der Waals surface area contributed by atoms with Crippen molar-refractivity contribution in [3.05, 3.63) is 60.2 Å². The predicted octanol–water partition coefficient (Wildman–Crippen LogP) is 2.65. The number of rotatable bonds is 6. The van der Waals surface area contributed by atoms with E-state index in [0.717, 1.165) is 30.7 Å². The highest BCUT2D eigenvalue weighted by molar-refractivity contribution is 7.89. The molecular weight excluding hydrogens is 428 g/mol. The second kappa shape index (κ2) is 9.97. The Kier molecular flexibility index (Phi) is 7.34. The highest BCUT2D eigenvalue weighted by Gasteiger charge is 2.33. The Morgan fingerprint density at radius 2 is 1.55 bits per heavy atom. The van der Waals surface area contributed by atoms with Crippen molar-refractivity contribution in [1.29, 1.82) is 0 Å². The zero-order valence-corrected chi connectivity index (χ0v) is 17.5. The molecule has 1 heterocycles. The van der Waals surface area contributed by atoms with Gasteiger partial charge in [0.25, 0.3) is 0 Å². The second-order valence-electron chi connectivity index (χ2n) is 7.22. The smallest absolute Gasteiger partial charge is 0.313 e. The van der Waals surface area contributed by atoms with Gasteiger partial charge in [0.05, 0.1) is 4.90 Å². The molecule has 2 aromatic rings. The molecule has 0 bridgehead atoms. The number of nitrogens with one attached hydrogen (secondary N) is 2. The summed E-state index contributed by atoms with van der Waals surface area (Å²) in [6, 6.07) is 9.32. The first-order valence-electron chi connectivity index (χ1n) is 9.89. The lowest BCUT2D eigenvalue weighted by atomic mass is 10.0. The largest absolute Gasteiger partial charge is 0.348 e. The second-order valence-corrected chi connectivity index (χ2v) is 9.12. The van der Waals surface area contributed by atoms with Crippen LogP contribution in [0.4, 0.5) is 14.5 Å². The van der Waals surface area contributed by atoms with Crippen LogP contribution in [-0.4, -0.2) is 43.7 Å². The summed E-state index contributed by atoms with van der Waals surface area (Å²) < 4.78 is 53.4. The van der Waals surface area contributed by atoms with Crippen LogP contribution < -0.4 is 10.6 Å². The quantitative estimate of drug-likeness (QED) is 0.660. The molecule has 1 saturated heterocycles. The van der Waals surface area contributed by atoms with Crippen LogP contribution in [0.1, 0.15) is 25.7 Å². The fourth-order valence-electron chi connectivity index (χ4n) is 3.47. The fraction of sp³-hybridized carbons (Fsp3) is 0.333. The molecule has 1 aliphatic rings. The Bertz CT molecular complexity index is 1030. The van der Waals surface area contributed by atoms with Crippen LogP contribution >= 0.6 is 0 Å². The molecule has 2 amide bonds. The summed E-state index contributed by atoms with van der Waals surface area (Å²) in [5, 5.41) is 4.85. The predicted molar refractivity (Wildman–Crippen MR) is 111 cm³/mol. The average Bonchev–Trinajstić information content (AvgIpc) is 2.76. The molecular formula is C21H23F2N3O4S. The highest BCUT2D eigenvalue weighted by Crippen LogP contribution is 2.27. The number of piperidine rings is 1. The minimum absolute atomic E-state index is 0.0171. The van der Waals surface area contributed by atoms with Gasteiger partial charge in [-0.1, -0.05) is 6.42 Å². The SMILES string of the molecule is O=C(NCC[C@H]1CCCCN1S(=O)(=O)c1ccc(F)cc1)C(=O)Nc1ccc(F)cc1. The maximum atomic E-state index is 13.2. The van der Waals surface area contributed by atoms with E-state index in [-0.39, 0.29) is 23.2 Å². The molecule has 2 N–H and O–H groups in total. The minimum atomic E-state index is -3.80. The first-order chi connectivity index (χ1) is 14.8. The van der Waals surface area contributed by atoms with Gasteiger partial charge in [-0.2, -0.15) is 4.31 Å². The first-order valence-corrected chi connectivity index (χ1v) is 11.3. The summed E-state index contributed by atoms with van der Waals surface area (Å²) in [7, 11) is -3.80. The number of amides is 2. The number of hydrogen-bond donors (Lipinski definition) is 2. The van der Waals surface area contributed by atoms with Crippen LogP contribution in [0.2, 0.25) is 0 Å². The molecule has 0 radical (unpaired) electrons. The number of halogens is 2. The maximum Gasteiger partial charge on any atom is 0.313 e. The molecule has 1 fully saturated rings. The number of anilines is 1. The van der Waals surface area contributed by atoms with Gasteiger partial charge < -0.3 is 10.6 Å². The third-order valence-electron chi connectivity index (χ3n) is 5.06. The minimum Gasteiger partial charge on any atom is -0.348 e. The molecule has 2 aromatic carbocycles. The summed E-state index contributed by atoms with van der Waals surface area (Å²) in [4.78, 5) is 24.0. The van der Waals surface area contributed by atoms with Gasteiger partial charge in [-0.05, 0) is 67.8 Å². The van der Waals surface area contributed by atoms with Gasteiger partial charge in [0, 0.05) is 24.8 Å². The number of hydrogen-bond acceptors (Lipinski definition) is 4. The van der Waals surface area contributed by atoms with E-state index in [1.807, 2.05) is 0 Å². The van der Waals surface area contributed by atoms with E-state index in [9.17, 15) is 26.8 Å². The standard InChI is InChI=1S/C21H23F2N3O4S/c22-15-4-8-17(9-5-15)25-21(28)20(27)24-13-12-18-3-1-2-14-26(18)31(29,30)19-10-6-16(23)7-11-19/h4-11,18H,1-3,12-14H2,(H,24,27)(H,25,28)/t18-/m1/s1. The Morgan fingerprint density at radius 1 is 0.935 bits per heavy atom. The van der Waals surface area contributed by atoms with E-state index in [2.05, 4.69) is 10.6 Å². The lowest BCUT2D eigenvalue weighted by molar-refractivity contribution is -0.136. The molecule has 7 nitrogen and oxygen atoms in total. The number of carbonyl (C=O) groups is 2. The molecule has 10 heteroatoms.